The molecule has 268 valence electrons. The third-order valence-electron chi connectivity index (χ3n) is 10.3. The standard InChI is InChI=1S/C40H44BrN3O7/c1-4-6-17-31(46)42-25(3)34(27-14-8-7-9-15-27)50-39(49)32-33-37(47)44(21-12-22-45)36(40(33)24-30(41)35(32)51-40)38(48)43(20-5-2)29-19-18-26-13-10-11-16-28(26)23-29/h4-5,7-11,13-16,18-19,23,25,30,32-36,45H,1-2,6,12,17,20-22,24H2,3H3,(H,42,46)/t25-,30?,32-,33+,34-,35-,36-,40+/m0/s1. The first kappa shape index (κ1) is 36.5. The minimum Gasteiger partial charge on any atom is -0.455 e. The van der Waals surface area contributed by atoms with Crippen molar-refractivity contribution in [3.8, 4) is 0 Å². The van der Waals surface area contributed by atoms with Crippen molar-refractivity contribution in [3.63, 3.8) is 0 Å². The van der Waals surface area contributed by atoms with Gasteiger partial charge in [0.1, 0.15) is 17.7 Å². The number of amides is 3. The number of carbonyl (C=O) groups is 4. The van der Waals surface area contributed by atoms with Crippen LogP contribution in [-0.2, 0) is 28.7 Å². The second-order valence-electron chi connectivity index (χ2n) is 13.5. The summed E-state index contributed by atoms with van der Waals surface area (Å²) >= 11 is 3.73. The van der Waals surface area contributed by atoms with Gasteiger partial charge in [-0.25, -0.2) is 0 Å². The van der Waals surface area contributed by atoms with E-state index < -0.39 is 47.7 Å². The first-order valence-corrected chi connectivity index (χ1v) is 18.4. The Morgan fingerprint density at radius 3 is 2.53 bits per heavy atom. The zero-order valence-electron chi connectivity index (χ0n) is 28.7. The normalized spacial score (nSPS) is 26.0. The maximum Gasteiger partial charge on any atom is 0.313 e. The van der Waals surface area contributed by atoms with E-state index in [9.17, 15) is 24.3 Å². The number of likely N-dealkylation sites (tertiary alicyclic amines) is 1. The number of carbonyl (C=O) groups excluding carboxylic acids is 4. The molecule has 3 aliphatic heterocycles. The molecule has 2 bridgehead atoms. The lowest BCUT2D eigenvalue weighted by Crippen LogP contribution is -2.57. The largest absolute Gasteiger partial charge is 0.455 e. The Morgan fingerprint density at radius 2 is 1.82 bits per heavy atom. The van der Waals surface area contributed by atoms with Gasteiger partial charge in [0.25, 0.3) is 5.91 Å². The molecule has 0 radical (unpaired) electrons. The predicted octanol–water partition coefficient (Wildman–Crippen LogP) is 5.24. The van der Waals surface area contributed by atoms with E-state index in [4.69, 9.17) is 9.47 Å². The Kier molecular flexibility index (Phi) is 11.1. The average molecular weight is 759 g/mol. The molecule has 0 aromatic heterocycles. The minimum atomic E-state index is -1.32. The molecule has 2 N–H and O–H groups in total. The van der Waals surface area contributed by atoms with Crippen LogP contribution < -0.4 is 10.2 Å². The zero-order valence-corrected chi connectivity index (χ0v) is 30.2. The summed E-state index contributed by atoms with van der Waals surface area (Å²) in [7, 11) is 0. The Hall–Kier alpha value is -4.32. The molecular formula is C40H44BrN3O7. The van der Waals surface area contributed by atoms with Crippen molar-refractivity contribution in [2.24, 2.45) is 11.8 Å². The van der Waals surface area contributed by atoms with Crippen LogP contribution >= 0.6 is 15.9 Å². The van der Waals surface area contributed by atoms with Crippen LogP contribution in [-0.4, -0.2) is 82.0 Å². The van der Waals surface area contributed by atoms with Crippen LogP contribution in [0.3, 0.4) is 0 Å². The van der Waals surface area contributed by atoms with Gasteiger partial charge in [-0.2, -0.15) is 0 Å². The third-order valence-corrected chi connectivity index (χ3v) is 11.1. The van der Waals surface area contributed by atoms with Crippen LogP contribution in [0.25, 0.3) is 10.8 Å². The summed E-state index contributed by atoms with van der Waals surface area (Å²) in [5.41, 5.74) is -0.000983. The Balaban J connectivity index is 1.34. The fraction of sp³-hybridized carbons (Fsp3) is 0.400. The third kappa shape index (κ3) is 6.86. The Morgan fingerprint density at radius 1 is 1.10 bits per heavy atom. The number of benzene rings is 3. The highest BCUT2D eigenvalue weighted by Gasteiger charge is 2.77. The lowest BCUT2D eigenvalue weighted by molar-refractivity contribution is -0.162. The number of aliphatic hydroxyl groups is 1. The topological polar surface area (TPSA) is 125 Å². The van der Waals surface area contributed by atoms with Gasteiger partial charge in [0.05, 0.1) is 24.0 Å². The van der Waals surface area contributed by atoms with Crippen molar-refractivity contribution in [1.29, 1.82) is 0 Å². The highest BCUT2D eigenvalue weighted by molar-refractivity contribution is 9.09. The molecule has 11 heteroatoms. The fourth-order valence-electron chi connectivity index (χ4n) is 8.04. The number of hydrogen-bond donors (Lipinski definition) is 2. The van der Waals surface area contributed by atoms with Gasteiger partial charge >= 0.3 is 5.97 Å². The Bertz CT molecular complexity index is 1800. The zero-order chi connectivity index (χ0) is 36.3. The highest BCUT2D eigenvalue weighted by Crippen LogP contribution is 2.60. The number of alkyl halides is 1. The van der Waals surface area contributed by atoms with Gasteiger partial charge in [-0.3, -0.25) is 19.2 Å². The molecule has 10 nitrogen and oxygen atoms in total. The summed E-state index contributed by atoms with van der Waals surface area (Å²) in [6.45, 7) is 9.45. The number of anilines is 1. The summed E-state index contributed by atoms with van der Waals surface area (Å²) in [5.74, 6) is -3.60. The summed E-state index contributed by atoms with van der Waals surface area (Å²) in [5, 5.41) is 14.7. The number of esters is 1. The molecular weight excluding hydrogens is 714 g/mol. The van der Waals surface area contributed by atoms with E-state index in [1.54, 1.807) is 24.0 Å². The van der Waals surface area contributed by atoms with Crippen LogP contribution in [0.2, 0.25) is 0 Å². The monoisotopic (exact) mass is 757 g/mol. The van der Waals surface area contributed by atoms with Gasteiger partial charge in [0.15, 0.2) is 0 Å². The summed E-state index contributed by atoms with van der Waals surface area (Å²) in [6, 6.07) is 21.1. The molecule has 51 heavy (non-hydrogen) atoms. The predicted molar refractivity (Wildman–Crippen MR) is 198 cm³/mol. The number of ether oxygens (including phenoxy) is 2. The molecule has 3 aromatic carbocycles. The molecule has 6 rings (SSSR count). The fourth-order valence-corrected chi connectivity index (χ4v) is 8.99. The lowest BCUT2D eigenvalue weighted by atomic mass is 9.70. The second kappa shape index (κ2) is 15.5. The van der Waals surface area contributed by atoms with E-state index in [2.05, 4.69) is 34.4 Å². The van der Waals surface area contributed by atoms with E-state index >= 15 is 0 Å². The van der Waals surface area contributed by atoms with E-state index in [1.807, 2.05) is 72.8 Å². The van der Waals surface area contributed by atoms with E-state index in [1.165, 1.54) is 4.90 Å². The minimum absolute atomic E-state index is 0.104. The molecule has 3 fully saturated rings. The smallest absolute Gasteiger partial charge is 0.313 e. The maximum absolute atomic E-state index is 14.9. The van der Waals surface area contributed by atoms with Crippen molar-refractivity contribution in [3.05, 3.63) is 104 Å². The number of fused-ring (bicyclic) bond motifs is 2. The summed E-state index contributed by atoms with van der Waals surface area (Å²) in [4.78, 5) is 59.3. The molecule has 1 unspecified atom stereocenters. The number of halogens is 1. The number of hydrogen-bond acceptors (Lipinski definition) is 7. The van der Waals surface area contributed by atoms with Crippen LogP contribution in [0.15, 0.2) is 98.1 Å². The van der Waals surface area contributed by atoms with Crippen LogP contribution in [0.5, 0.6) is 0 Å². The van der Waals surface area contributed by atoms with Gasteiger partial charge in [-0.1, -0.05) is 88.7 Å². The van der Waals surface area contributed by atoms with Crippen molar-refractivity contribution >= 4 is 56.1 Å². The van der Waals surface area contributed by atoms with Gasteiger partial charge in [-0.05, 0) is 54.7 Å². The van der Waals surface area contributed by atoms with E-state index in [-0.39, 0.29) is 55.1 Å². The molecule has 1 spiro atoms. The van der Waals surface area contributed by atoms with E-state index in [0.29, 0.717) is 24.1 Å². The van der Waals surface area contributed by atoms with Gasteiger partial charge in [0, 0.05) is 36.6 Å². The number of aliphatic hydroxyl groups excluding tert-OH is 1. The SMILES string of the molecule is C=CCCC(=O)N[C@@H](C)[C@H](OC(=O)[C@@H]1[C@H]2O[C@@]3(CC2Br)[C@H](C(=O)N(CC=C)c2ccc4ccccc4c2)N(CCCO)C(=O)[C@@H]13)c1ccccc1. The lowest BCUT2D eigenvalue weighted by Gasteiger charge is -2.37. The van der Waals surface area contributed by atoms with Crippen molar-refractivity contribution in [2.45, 2.75) is 67.3 Å². The van der Waals surface area contributed by atoms with Gasteiger partial charge in [-0.15, -0.1) is 13.2 Å². The van der Waals surface area contributed by atoms with Crippen molar-refractivity contribution in [1.82, 2.24) is 10.2 Å². The molecule has 3 aromatic rings. The molecule has 3 saturated heterocycles. The number of rotatable bonds is 15. The first-order valence-electron chi connectivity index (χ1n) is 17.4. The molecule has 3 aliphatic rings. The van der Waals surface area contributed by atoms with Gasteiger partial charge < -0.3 is 29.7 Å². The molecule has 8 atom stereocenters. The van der Waals surface area contributed by atoms with E-state index in [0.717, 1.165) is 10.8 Å². The average Bonchev–Trinajstić information content (AvgIpc) is 3.73. The number of nitrogens with zero attached hydrogens (tertiary/aromatic N) is 2. The summed E-state index contributed by atoms with van der Waals surface area (Å²) in [6.07, 6.45) is 3.03. The van der Waals surface area contributed by atoms with Crippen molar-refractivity contribution in [2.75, 3.05) is 24.6 Å². The highest BCUT2D eigenvalue weighted by atomic mass is 79.9. The number of allylic oxidation sites excluding steroid dienone is 1. The maximum atomic E-state index is 14.9. The second-order valence-corrected chi connectivity index (χ2v) is 14.7. The molecule has 3 amide bonds. The van der Waals surface area contributed by atoms with Crippen LogP contribution in [0.1, 0.15) is 44.3 Å². The van der Waals surface area contributed by atoms with Gasteiger partial charge in [0.2, 0.25) is 11.8 Å². The quantitative estimate of drug-likeness (QED) is 0.123. The Labute approximate surface area is 306 Å². The van der Waals surface area contributed by atoms with Crippen LogP contribution in [0.4, 0.5) is 5.69 Å². The van der Waals surface area contributed by atoms with Crippen molar-refractivity contribution < 1.29 is 33.8 Å². The molecule has 3 heterocycles. The molecule has 0 aliphatic carbocycles. The first-order chi connectivity index (χ1) is 24.6. The van der Waals surface area contributed by atoms with Crippen LogP contribution in [0, 0.1) is 11.8 Å². The molecule has 0 saturated carbocycles. The number of nitrogens with one attached hydrogen (secondary N) is 1. The summed E-state index contributed by atoms with van der Waals surface area (Å²) < 4.78 is 13.0.